The number of nitrogens with one attached hydrogen (secondary N) is 2. The number of rotatable bonds is 5. The molecule has 0 bridgehead atoms. The number of piperidine rings is 1. The van der Waals surface area contributed by atoms with Crippen LogP contribution in [-0.2, 0) is 17.8 Å². The predicted molar refractivity (Wildman–Crippen MR) is 106 cm³/mol. The Balaban J connectivity index is 1.46. The van der Waals surface area contributed by atoms with E-state index in [2.05, 4.69) is 57.3 Å². The summed E-state index contributed by atoms with van der Waals surface area (Å²) in [5.41, 5.74) is 2.74. The van der Waals surface area contributed by atoms with E-state index in [-0.39, 0.29) is 17.9 Å². The Bertz CT molecular complexity index is 724. The van der Waals surface area contributed by atoms with Crippen LogP contribution >= 0.6 is 11.3 Å². The van der Waals surface area contributed by atoms with Gasteiger partial charge in [-0.1, -0.05) is 30.3 Å². The number of benzene rings is 1. The third kappa shape index (κ3) is 4.00. The highest BCUT2D eigenvalue weighted by molar-refractivity contribution is 7.10. The molecule has 1 saturated heterocycles. The Morgan fingerprint density at radius 1 is 1.23 bits per heavy atom. The van der Waals surface area contributed by atoms with E-state index in [1.165, 1.54) is 16.0 Å². The predicted octanol–water partition coefficient (Wildman–Crippen LogP) is 2.96. The maximum atomic E-state index is 12.6. The van der Waals surface area contributed by atoms with Crippen LogP contribution in [0.5, 0.6) is 0 Å². The van der Waals surface area contributed by atoms with Crippen LogP contribution in [0.4, 0.5) is 0 Å². The van der Waals surface area contributed by atoms with Crippen molar-refractivity contribution in [2.75, 3.05) is 26.2 Å². The van der Waals surface area contributed by atoms with Gasteiger partial charge in [-0.15, -0.1) is 11.3 Å². The van der Waals surface area contributed by atoms with E-state index >= 15 is 0 Å². The number of amides is 1. The monoisotopic (exact) mass is 369 g/mol. The highest BCUT2D eigenvalue weighted by atomic mass is 32.1. The van der Waals surface area contributed by atoms with Crippen LogP contribution in [-0.4, -0.2) is 37.0 Å². The third-order valence-electron chi connectivity index (χ3n) is 5.64. The van der Waals surface area contributed by atoms with E-state index < -0.39 is 0 Å². The molecule has 0 saturated carbocycles. The highest BCUT2D eigenvalue weighted by Gasteiger charge is 2.27. The summed E-state index contributed by atoms with van der Waals surface area (Å²) in [6.07, 6.45) is 3.01. The fourth-order valence-corrected chi connectivity index (χ4v) is 4.98. The van der Waals surface area contributed by atoms with Gasteiger partial charge >= 0.3 is 0 Å². The summed E-state index contributed by atoms with van der Waals surface area (Å²) < 4.78 is 0. The van der Waals surface area contributed by atoms with Crippen LogP contribution in [0.1, 0.15) is 34.9 Å². The largest absolute Gasteiger partial charge is 0.354 e. The number of hydrogen-bond donors (Lipinski definition) is 2. The molecule has 5 heteroatoms. The van der Waals surface area contributed by atoms with E-state index in [0.29, 0.717) is 6.54 Å². The normalized spacial score (nSPS) is 19.7. The van der Waals surface area contributed by atoms with Gasteiger partial charge in [0.2, 0.25) is 5.91 Å². The fourth-order valence-electron chi connectivity index (χ4n) is 4.09. The van der Waals surface area contributed by atoms with Crippen LogP contribution in [0.25, 0.3) is 0 Å². The van der Waals surface area contributed by atoms with Crippen LogP contribution in [0.2, 0.25) is 0 Å². The summed E-state index contributed by atoms with van der Waals surface area (Å²) in [5.74, 6) is 0.387. The Labute approximate surface area is 159 Å². The summed E-state index contributed by atoms with van der Waals surface area (Å²) in [6, 6.07) is 13.1. The van der Waals surface area contributed by atoms with Crippen LogP contribution in [0.3, 0.4) is 0 Å². The quantitative estimate of drug-likeness (QED) is 0.852. The van der Waals surface area contributed by atoms with Crippen molar-refractivity contribution in [3.63, 3.8) is 0 Å². The average Bonchev–Trinajstić information content (AvgIpc) is 3.17. The lowest BCUT2D eigenvalue weighted by molar-refractivity contribution is -0.126. The summed E-state index contributed by atoms with van der Waals surface area (Å²) >= 11 is 1.87. The van der Waals surface area contributed by atoms with Crippen molar-refractivity contribution in [2.45, 2.75) is 31.8 Å². The van der Waals surface area contributed by atoms with Crippen molar-refractivity contribution in [2.24, 2.45) is 5.92 Å². The number of thiophene rings is 1. The molecule has 2 aromatic rings. The second-order valence-electron chi connectivity index (χ2n) is 7.29. The van der Waals surface area contributed by atoms with Gasteiger partial charge in [0, 0.05) is 30.4 Å². The summed E-state index contributed by atoms with van der Waals surface area (Å²) in [6.45, 7) is 4.62. The number of fused-ring (bicyclic) bond motifs is 1. The minimum Gasteiger partial charge on any atom is -0.354 e. The molecule has 2 aliphatic rings. The van der Waals surface area contributed by atoms with Crippen LogP contribution < -0.4 is 10.6 Å². The molecule has 1 fully saturated rings. The lowest BCUT2D eigenvalue weighted by Crippen LogP contribution is -2.43. The SMILES string of the molecule is O=C(NCC(c1ccccc1)N1CCc2sccc2C1)C1CCNCC1. The first-order valence-corrected chi connectivity index (χ1v) is 10.5. The Hall–Kier alpha value is -1.69. The maximum Gasteiger partial charge on any atom is 0.223 e. The smallest absolute Gasteiger partial charge is 0.223 e. The number of hydrogen-bond acceptors (Lipinski definition) is 4. The molecule has 0 aliphatic carbocycles. The molecule has 2 aliphatic heterocycles. The van der Waals surface area contributed by atoms with Crippen molar-refractivity contribution in [3.05, 3.63) is 57.8 Å². The van der Waals surface area contributed by atoms with Crippen molar-refractivity contribution in [3.8, 4) is 0 Å². The molecular formula is C21H27N3OS. The molecule has 2 N–H and O–H groups in total. The average molecular weight is 370 g/mol. The molecule has 1 unspecified atom stereocenters. The first-order chi connectivity index (χ1) is 12.8. The molecule has 1 aromatic heterocycles. The van der Waals surface area contributed by atoms with E-state index in [1.54, 1.807) is 0 Å². The molecule has 1 aromatic carbocycles. The Morgan fingerprint density at radius 3 is 2.85 bits per heavy atom. The zero-order valence-corrected chi connectivity index (χ0v) is 15.9. The molecule has 3 heterocycles. The fraction of sp³-hybridized carbons (Fsp3) is 0.476. The standard InChI is InChI=1S/C21H27N3OS/c25-21(17-6-10-22-11-7-17)23-14-19(16-4-2-1-3-5-16)24-12-8-20-18(15-24)9-13-26-20/h1-5,9,13,17,19,22H,6-8,10-12,14-15H2,(H,23,25). The van der Waals surface area contributed by atoms with E-state index in [4.69, 9.17) is 0 Å². The van der Waals surface area contributed by atoms with Gasteiger partial charge in [-0.25, -0.2) is 0 Å². The van der Waals surface area contributed by atoms with E-state index in [9.17, 15) is 4.79 Å². The highest BCUT2D eigenvalue weighted by Crippen LogP contribution is 2.30. The first-order valence-electron chi connectivity index (χ1n) is 9.64. The topological polar surface area (TPSA) is 44.4 Å². The number of carbonyl (C=O) groups excluding carboxylic acids is 1. The molecular weight excluding hydrogens is 342 g/mol. The van der Waals surface area contributed by atoms with Gasteiger partial charge in [0.05, 0.1) is 6.04 Å². The number of carbonyl (C=O) groups is 1. The van der Waals surface area contributed by atoms with E-state index in [0.717, 1.165) is 45.4 Å². The van der Waals surface area contributed by atoms with Gasteiger partial charge in [-0.2, -0.15) is 0 Å². The molecule has 138 valence electrons. The Morgan fingerprint density at radius 2 is 2.04 bits per heavy atom. The lowest BCUT2D eigenvalue weighted by atomic mass is 9.96. The first kappa shape index (κ1) is 17.7. The second-order valence-corrected chi connectivity index (χ2v) is 8.29. The van der Waals surface area contributed by atoms with Crippen LogP contribution in [0, 0.1) is 5.92 Å². The second kappa shape index (κ2) is 8.33. The molecule has 4 nitrogen and oxygen atoms in total. The van der Waals surface area contributed by atoms with Gasteiger partial charge in [-0.05, 0) is 54.9 Å². The third-order valence-corrected chi connectivity index (χ3v) is 6.66. The van der Waals surface area contributed by atoms with Gasteiger partial charge in [-0.3, -0.25) is 9.69 Å². The minimum absolute atomic E-state index is 0.164. The summed E-state index contributed by atoms with van der Waals surface area (Å²) in [5, 5.41) is 8.79. The summed E-state index contributed by atoms with van der Waals surface area (Å²) in [4.78, 5) is 16.7. The number of nitrogens with zero attached hydrogens (tertiary/aromatic N) is 1. The molecule has 1 atom stereocenters. The maximum absolute atomic E-state index is 12.6. The lowest BCUT2D eigenvalue weighted by Gasteiger charge is -2.35. The molecule has 26 heavy (non-hydrogen) atoms. The van der Waals surface area contributed by atoms with Crippen molar-refractivity contribution in [1.29, 1.82) is 0 Å². The zero-order chi connectivity index (χ0) is 17.8. The molecule has 4 rings (SSSR count). The van der Waals surface area contributed by atoms with Crippen molar-refractivity contribution < 1.29 is 4.79 Å². The minimum atomic E-state index is 0.164. The van der Waals surface area contributed by atoms with Gasteiger partial charge in [0.1, 0.15) is 0 Å². The molecule has 1 amide bonds. The van der Waals surface area contributed by atoms with Crippen LogP contribution in [0.15, 0.2) is 41.8 Å². The van der Waals surface area contributed by atoms with Crippen molar-refractivity contribution >= 4 is 17.2 Å². The van der Waals surface area contributed by atoms with Gasteiger partial charge in [0.25, 0.3) is 0 Å². The molecule has 0 radical (unpaired) electrons. The van der Waals surface area contributed by atoms with E-state index in [1.807, 2.05) is 11.3 Å². The van der Waals surface area contributed by atoms with Gasteiger partial charge in [0.15, 0.2) is 0 Å². The Kier molecular flexibility index (Phi) is 5.68. The molecule has 0 spiro atoms. The summed E-state index contributed by atoms with van der Waals surface area (Å²) in [7, 11) is 0. The zero-order valence-electron chi connectivity index (χ0n) is 15.1. The van der Waals surface area contributed by atoms with Gasteiger partial charge < -0.3 is 10.6 Å². The van der Waals surface area contributed by atoms with Crippen molar-refractivity contribution in [1.82, 2.24) is 15.5 Å².